The monoisotopic (exact) mass is 259 g/mol. The van der Waals surface area contributed by atoms with Crippen LogP contribution in [0.5, 0.6) is 0 Å². The van der Waals surface area contributed by atoms with E-state index in [1.807, 2.05) is 0 Å². The van der Waals surface area contributed by atoms with Crippen molar-refractivity contribution in [2.45, 2.75) is 6.18 Å². The first-order chi connectivity index (χ1) is 8.34. The van der Waals surface area contributed by atoms with Crippen molar-refractivity contribution in [3.05, 3.63) is 23.5 Å². The molecule has 2 aromatic rings. The second kappa shape index (κ2) is 3.97. The molecular weight excluding hydrogens is 251 g/mol. The van der Waals surface area contributed by atoms with Gasteiger partial charge in [-0.05, 0) is 6.07 Å². The molecule has 0 aliphatic rings. The maximum atomic E-state index is 12.6. The number of halogens is 3. The number of alkyl halides is 3. The van der Waals surface area contributed by atoms with Crippen LogP contribution in [0.25, 0.3) is 11.0 Å². The smallest absolute Gasteiger partial charge is 0.437 e. The number of esters is 1. The average Bonchev–Trinajstić information content (AvgIpc) is 2.65. The number of rotatable bonds is 1. The van der Waals surface area contributed by atoms with Crippen molar-refractivity contribution >= 4 is 17.0 Å². The van der Waals surface area contributed by atoms with Gasteiger partial charge in [0.2, 0.25) is 0 Å². The van der Waals surface area contributed by atoms with Crippen LogP contribution in [0.15, 0.2) is 12.3 Å². The Labute approximate surface area is 99.2 Å². The summed E-state index contributed by atoms with van der Waals surface area (Å²) in [5.74, 6) is -0.667. The summed E-state index contributed by atoms with van der Waals surface area (Å²) in [6.45, 7) is 0. The third-order valence-electron chi connectivity index (χ3n) is 2.38. The first kappa shape index (κ1) is 12.3. The highest BCUT2D eigenvalue weighted by Crippen LogP contribution is 2.32. The van der Waals surface area contributed by atoms with E-state index in [4.69, 9.17) is 0 Å². The van der Waals surface area contributed by atoms with Gasteiger partial charge in [0.15, 0.2) is 5.69 Å². The predicted octanol–water partition coefficient (Wildman–Crippen LogP) is 1.77. The maximum Gasteiger partial charge on any atom is 0.437 e. The minimum Gasteiger partial charge on any atom is -0.465 e. The maximum absolute atomic E-state index is 12.6. The lowest BCUT2D eigenvalue weighted by Gasteiger charge is -2.02. The number of fused-ring (bicyclic) bond motifs is 1. The van der Waals surface area contributed by atoms with Gasteiger partial charge >= 0.3 is 12.1 Å². The van der Waals surface area contributed by atoms with Crippen LogP contribution in [-0.2, 0) is 18.0 Å². The standard InChI is InChI=1S/C10H8F3N3O2/c1-16-6-3-5(9(17)18-2)4-14-7(6)8(15-16)10(11,12)13/h3-4H,1-2H3. The molecule has 0 saturated carbocycles. The molecule has 0 bridgehead atoms. The van der Waals surface area contributed by atoms with Gasteiger partial charge < -0.3 is 4.74 Å². The quantitative estimate of drug-likeness (QED) is 0.732. The van der Waals surface area contributed by atoms with Gasteiger partial charge in [0.1, 0.15) is 5.52 Å². The molecule has 8 heteroatoms. The highest BCUT2D eigenvalue weighted by atomic mass is 19.4. The summed E-state index contributed by atoms with van der Waals surface area (Å²) in [5.41, 5.74) is -1.18. The molecule has 0 unspecified atom stereocenters. The van der Waals surface area contributed by atoms with E-state index in [1.54, 1.807) is 0 Å². The SMILES string of the molecule is COC(=O)c1cnc2c(C(F)(F)F)nn(C)c2c1. The number of nitrogens with zero attached hydrogens (tertiary/aromatic N) is 3. The number of ether oxygens (including phenoxy) is 1. The fraction of sp³-hybridized carbons (Fsp3) is 0.300. The summed E-state index contributed by atoms with van der Waals surface area (Å²) in [6.07, 6.45) is -3.55. The van der Waals surface area contributed by atoms with Gasteiger partial charge in [-0.3, -0.25) is 9.67 Å². The van der Waals surface area contributed by atoms with Gasteiger partial charge in [0, 0.05) is 13.2 Å². The number of hydrogen-bond acceptors (Lipinski definition) is 4. The van der Waals surface area contributed by atoms with E-state index < -0.39 is 17.8 Å². The Morgan fingerprint density at radius 3 is 2.67 bits per heavy atom. The number of pyridine rings is 1. The molecule has 0 spiro atoms. The van der Waals surface area contributed by atoms with E-state index in [0.717, 1.165) is 10.9 Å². The number of methoxy groups -OCH3 is 1. The Hall–Kier alpha value is -2.12. The van der Waals surface area contributed by atoms with Crippen LogP contribution in [0.2, 0.25) is 0 Å². The van der Waals surface area contributed by atoms with E-state index in [2.05, 4.69) is 14.8 Å². The number of carbonyl (C=O) groups excluding carboxylic acids is 1. The lowest BCUT2D eigenvalue weighted by molar-refractivity contribution is -0.140. The van der Waals surface area contributed by atoms with Crippen LogP contribution in [0.3, 0.4) is 0 Å². The average molecular weight is 259 g/mol. The summed E-state index contributed by atoms with van der Waals surface area (Å²) >= 11 is 0. The van der Waals surface area contributed by atoms with Crippen molar-refractivity contribution in [2.75, 3.05) is 7.11 Å². The molecular formula is C10H8F3N3O2. The van der Waals surface area contributed by atoms with E-state index in [-0.39, 0.29) is 16.6 Å². The summed E-state index contributed by atoms with van der Waals surface area (Å²) < 4.78 is 43.4. The Bertz CT molecular complexity index is 619. The lowest BCUT2D eigenvalue weighted by atomic mass is 10.2. The van der Waals surface area contributed by atoms with Crippen LogP contribution in [-0.4, -0.2) is 27.8 Å². The Morgan fingerprint density at radius 1 is 1.44 bits per heavy atom. The molecule has 2 aromatic heterocycles. The van der Waals surface area contributed by atoms with E-state index >= 15 is 0 Å². The molecule has 96 valence electrons. The summed E-state index contributed by atoms with van der Waals surface area (Å²) in [7, 11) is 2.53. The molecule has 0 N–H and O–H groups in total. The molecule has 0 amide bonds. The molecule has 2 rings (SSSR count). The van der Waals surface area contributed by atoms with Crippen molar-refractivity contribution in [1.29, 1.82) is 0 Å². The third-order valence-corrected chi connectivity index (χ3v) is 2.38. The number of hydrogen-bond donors (Lipinski definition) is 0. The highest BCUT2D eigenvalue weighted by molar-refractivity contribution is 5.93. The number of carbonyl (C=O) groups is 1. The lowest BCUT2D eigenvalue weighted by Crippen LogP contribution is -2.07. The van der Waals surface area contributed by atoms with Gasteiger partial charge in [0.05, 0.1) is 18.2 Å². The second-order valence-corrected chi connectivity index (χ2v) is 3.55. The minimum absolute atomic E-state index is 0.0710. The van der Waals surface area contributed by atoms with Crippen molar-refractivity contribution in [2.24, 2.45) is 7.05 Å². The molecule has 18 heavy (non-hydrogen) atoms. The molecule has 0 fully saturated rings. The first-order valence-electron chi connectivity index (χ1n) is 4.83. The van der Waals surface area contributed by atoms with E-state index in [9.17, 15) is 18.0 Å². The molecule has 0 aliphatic heterocycles. The van der Waals surface area contributed by atoms with Crippen molar-refractivity contribution in [1.82, 2.24) is 14.8 Å². The van der Waals surface area contributed by atoms with Crippen LogP contribution >= 0.6 is 0 Å². The molecule has 0 aliphatic carbocycles. The van der Waals surface area contributed by atoms with Crippen LogP contribution < -0.4 is 0 Å². The van der Waals surface area contributed by atoms with E-state index in [1.165, 1.54) is 20.2 Å². The zero-order valence-corrected chi connectivity index (χ0v) is 9.45. The summed E-state index contributed by atoms with van der Waals surface area (Å²) in [6, 6.07) is 1.26. The van der Waals surface area contributed by atoms with Gasteiger partial charge in [-0.2, -0.15) is 18.3 Å². The normalized spacial score (nSPS) is 11.8. The van der Waals surface area contributed by atoms with Crippen LogP contribution in [0.1, 0.15) is 16.1 Å². The van der Waals surface area contributed by atoms with Crippen molar-refractivity contribution in [3.8, 4) is 0 Å². The second-order valence-electron chi connectivity index (χ2n) is 3.55. The topological polar surface area (TPSA) is 57.0 Å². The largest absolute Gasteiger partial charge is 0.465 e. The van der Waals surface area contributed by atoms with Crippen molar-refractivity contribution in [3.63, 3.8) is 0 Å². The fourth-order valence-corrected chi connectivity index (χ4v) is 1.55. The fourth-order valence-electron chi connectivity index (χ4n) is 1.55. The van der Waals surface area contributed by atoms with Crippen LogP contribution in [0, 0.1) is 0 Å². The number of aryl methyl sites for hydroxylation is 1. The molecule has 2 heterocycles. The van der Waals surface area contributed by atoms with E-state index in [0.29, 0.717) is 0 Å². The van der Waals surface area contributed by atoms with Crippen LogP contribution in [0.4, 0.5) is 13.2 Å². The Balaban J connectivity index is 2.66. The minimum atomic E-state index is -4.58. The zero-order chi connectivity index (χ0) is 13.5. The number of aromatic nitrogens is 3. The Kier molecular flexibility index (Phi) is 2.72. The molecule has 0 atom stereocenters. The summed E-state index contributed by atoms with van der Waals surface area (Å²) in [4.78, 5) is 14.9. The first-order valence-corrected chi connectivity index (χ1v) is 4.83. The molecule has 5 nitrogen and oxygen atoms in total. The Morgan fingerprint density at radius 2 is 2.11 bits per heavy atom. The van der Waals surface area contributed by atoms with Gasteiger partial charge in [0.25, 0.3) is 0 Å². The van der Waals surface area contributed by atoms with Gasteiger partial charge in [-0.25, -0.2) is 4.79 Å². The molecule has 0 radical (unpaired) electrons. The highest BCUT2D eigenvalue weighted by Gasteiger charge is 2.37. The zero-order valence-electron chi connectivity index (χ0n) is 9.45. The van der Waals surface area contributed by atoms with Gasteiger partial charge in [-0.1, -0.05) is 0 Å². The third kappa shape index (κ3) is 1.89. The molecule has 0 aromatic carbocycles. The van der Waals surface area contributed by atoms with Crippen molar-refractivity contribution < 1.29 is 22.7 Å². The summed E-state index contributed by atoms with van der Waals surface area (Å²) in [5, 5.41) is 3.36. The molecule has 0 saturated heterocycles. The predicted molar refractivity (Wildman–Crippen MR) is 54.9 cm³/mol. The van der Waals surface area contributed by atoms with Gasteiger partial charge in [-0.15, -0.1) is 0 Å².